The Labute approximate surface area is 105 Å². The molecule has 1 amide bonds. The van der Waals surface area contributed by atoms with Crippen LogP contribution in [-0.2, 0) is 9.53 Å². The molecule has 0 saturated heterocycles. The minimum absolute atomic E-state index is 0.0656. The van der Waals surface area contributed by atoms with Crippen LogP contribution in [0.1, 0.15) is 42.6 Å². The molecule has 2 atom stereocenters. The Balaban J connectivity index is 2.61. The number of carbonyl (C=O) groups excluding carboxylic acids is 2. The van der Waals surface area contributed by atoms with Gasteiger partial charge in [0.2, 0.25) is 11.7 Å². The maximum atomic E-state index is 11.2. The van der Waals surface area contributed by atoms with E-state index in [1.54, 1.807) is 12.1 Å². The van der Waals surface area contributed by atoms with Gasteiger partial charge in [-0.25, -0.2) is 4.79 Å². The Morgan fingerprint density at radius 1 is 1.44 bits per heavy atom. The van der Waals surface area contributed by atoms with Crippen molar-refractivity contribution in [2.75, 3.05) is 7.11 Å². The molecule has 1 heterocycles. The highest BCUT2D eigenvalue weighted by atomic mass is 16.5. The first kappa shape index (κ1) is 14.2. The van der Waals surface area contributed by atoms with E-state index in [1.165, 1.54) is 7.11 Å². The summed E-state index contributed by atoms with van der Waals surface area (Å²) in [6, 6.07) is 3.06. The van der Waals surface area contributed by atoms with Gasteiger partial charge in [0, 0.05) is 12.5 Å². The Hall–Kier alpha value is -1.82. The van der Waals surface area contributed by atoms with Crippen molar-refractivity contribution in [1.82, 2.24) is 5.32 Å². The summed E-state index contributed by atoms with van der Waals surface area (Å²) in [7, 11) is 1.29. The van der Waals surface area contributed by atoms with E-state index in [1.807, 2.05) is 13.8 Å². The van der Waals surface area contributed by atoms with Crippen LogP contribution in [0.15, 0.2) is 16.5 Å². The molecule has 0 aliphatic carbocycles. The summed E-state index contributed by atoms with van der Waals surface area (Å²) in [6.45, 7) is 3.73. The molecule has 0 aliphatic heterocycles. The van der Waals surface area contributed by atoms with Gasteiger partial charge in [0.1, 0.15) is 5.76 Å². The summed E-state index contributed by atoms with van der Waals surface area (Å²) < 4.78 is 9.90. The van der Waals surface area contributed by atoms with Crippen LogP contribution in [0, 0.1) is 0 Å². The average molecular weight is 254 g/mol. The average Bonchev–Trinajstić information content (AvgIpc) is 2.75. The van der Waals surface area contributed by atoms with Gasteiger partial charge >= 0.3 is 5.97 Å². The van der Waals surface area contributed by atoms with E-state index in [2.05, 4.69) is 10.1 Å². The van der Waals surface area contributed by atoms with E-state index < -0.39 is 5.97 Å². The van der Waals surface area contributed by atoms with E-state index in [-0.39, 0.29) is 30.2 Å². The van der Waals surface area contributed by atoms with E-state index in [9.17, 15) is 9.59 Å². The van der Waals surface area contributed by atoms with Crippen LogP contribution in [0.2, 0.25) is 0 Å². The molecule has 2 unspecified atom stereocenters. The third kappa shape index (κ3) is 3.89. The van der Waals surface area contributed by atoms with Crippen molar-refractivity contribution in [3.8, 4) is 0 Å². The van der Waals surface area contributed by atoms with Crippen LogP contribution in [0.5, 0.6) is 0 Å². The van der Waals surface area contributed by atoms with Crippen LogP contribution < -0.4 is 11.1 Å². The monoisotopic (exact) mass is 254 g/mol. The Morgan fingerprint density at radius 2 is 2.11 bits per heavy atom. The summed E-state index contributed by atoms with van der Waals surface area (Å²) in [4.78, 5) is 22.0. The predicted octanol–water partition coefficient (Wildman–Crippen LogP) is 0.981. The highest BCUT2D eigenvalue weighted by Crippen LogP contribution is 2.17. The van der Waals surface area contributed by atoms with Gasteiger partial charge < -0.3 is 20.2 Å². The number of furan rings is 1. The molecule has 0 aliphatic rings. The molecule has 3 N–H and O–H groups in total. The first-order valence-corrected chi connectivity index (χ1v) is 5.66. The number of methoxy groups -OCH3 is 1. The lowest BCUT2D eigenvalue weighted by Crippen LogP contribution is -2.32. The highest BCUT2D eigenvalue weighted by molar-refractivity contribution is 5.86. The fraction of sp³-hybridized carbons (Fsp3) is 0.500. The van der Waals surface area contributed by atoms with Gasteiger partial charge in [-0.2, -0.15) is 0 Å². The number of rotatable bonds is 6. The topological polar surface area (TPSA) is 94.6 Å². The van der Waals surface area contributed by atoms with Crippen molar-refractivity contribution in [3.63, 3.8) is 0 Å². The molecule has 6 nitrogen and oxygen atoms in total. The van der Waals surface area contributed by atoms with Crippen LogP contribution >= 0.6 is 0 Å². The molecule has 18 heavy (non-hydrogen) atoms. The number of esters is 1. The molecule has 100 valence electrons. The number of nitrogens with two attached hydrogens (primary N) is 1. The largest absolute Gasteiger partial charge is 0.463 e. The molecular weight excluding hydrogens is 236 g/mol. The lowest BCUT2D eigenvalue weighted by Gasteiger charge is -2.17. The number of ether oxygens (including phenoxy) is 1. The molecule has 0 bridgehead atoms. The van der Waals surface area contributed by atoms with Crippen molar-refractivity contribution >= 4 is 11.9 Å². The molecule has 1 aromatic heterocycles. The van der Waals surface area contributed by atoms with Gasteiger partial charge in [-0.15, -0.1) is 0 Å². The Bertz CT molecular complexity index is 427. The summed E-state index contributed by atoms with van der Waals surface area (Å²) in [5, 5.41) is 3.15. The number of hydrogen-bond acceptors (Lipinski definition) is 5. The summed E-state index contributed by atoms with van der Waals surface area (Å²) in [5.41, 5.74) is 5.11. The lowest BCUT2D eigenvalue weighted by molar-refractivity contribution is -0.118. The second-order valence-electron chi connectivity index (χ2n) is 4.15. The van der Waals surface area contributed by atoms with Gasteiger partial charge in [0.05, 0.1) is 13.2 Å². The maximum Gasteiger partial charge on any atom is 0.373 e. The number of primary amides is 1. The maximum absolute atomic E-state index is 11.2. The zero-order valence-corrected chi connectivity index (χ0v) is 10.7. The molecule has 6 heteroatoms. The van der Waals surface area contributed by atoms with Crippen LogP contribution in [-0.4, -0.2) is 25.0 Å². The second-order valence-corrected chi connectivity index (χ2v) is 4.15. The fourth-order valence-electron chi connectivity index (χ4n) is 1.67. The molecule has 0 fully saturated rings. The van der Waals surface area contributed by atoms with Gasteiger partial charge in [-0.3, -0.25) is 4.79 Å². The molecule has 0 spiro atoms. The molecule has 0 aromatic carbocycles. The zero-order valence-electron chi connectivity index (χ0n) is 10.7. The molecule has 0 radical (unpaired) electrons. The van der Waals surface area contributed by atoms with Crippen LogP contribution in [0.3, 0.4) is 0 Å². The van der Waals surface area contributed by atoms with Gasteiger partial charge in [0.15, 0.2) is 0 Å². The number of carbonyl (C=O) groups is 2. The highest BCUT2D eigenvalue weighted by Gasteiger charge is 2.17. The zero-order chi connectivity index (χ0) is 13.7. The fourth-order valence-corrected chi connectivity index (χ4v) is 1.67. The molecule has 1 aromatic rings. The third-order valence-corrected chi connectivity index (χ3v) is 2.48. The van der Waals surface area contributed by atoms with Crippen molar-refractivity contribution in [2.45, 2.75) is 32.4 Å². The van der Waals surface area contributed by atoms with Gasteiger partial charge in [-0.1, -0.05) is 0 Å². The van der Waals surface area contributed by atoms with E-state index in [0.717, 1.165) is 0 Å². The lowest BCUT2D eigenvalue weighted by atomic mass is 10.2. The molecule has 0 saturated carbocycles. The van der Waals surface area contributed by atoms with E-state index in [4.69, 9.17) is 10.2 Å². The summed E-state index contributed by atoms with van der Waals surface area (Å²) in [6.07, 6.45) is 0.245. The van der Waals surface area contributed by atoms with Crippen molar-refractivity contribution in [1.29, 1.82) is 0 Å². The van der Waals surface area contributed by atoms with Crippen LogP contribution in [0.4, 0.5) is 0 Å². The summed E-state index contributed by atoms with van der Waals surface area (Å²) in [5.74, 6) is -0.119. The third-order valence-electron chi connectivity index (χ3n) is 2.48. The van der Waals surface area contributed by atoms with Gasteiger partial charge in [-0.05, 0) is 26.0 Å². The summed E-state index contributed by atoms with van der Waals surface area (Å²) >= 11 is 0. The van der Waals surface area contributed by atoms with Crippen molar-refractivity contribution < 1.29 is 18.7 Å². The van der Waals surface area contributed by atoms with E-state index >= 15 is 0 Å². The van der Waals surface area contributed by atoms with Crippen molar-refractivity contribution in [2.24, 2.45) is 5.73 Å². The number of amides is 1. The SMILES string of the molecule is COC(=O)c1ccc(C(C)NC(C)CC(N)=O)o1. The van der Waals surface area contributed by atoms with Crippen LogP contribution in [0.25, 0.3) is 0 Å². The number of hydrogen-bond donors (Lipinski definition) is 2. The molecule has 1 rings (SSSR count). The smallest absolute Gasteiger partial charge is 0.373 e. The van der Waals surface area contributed by atoms with Crippen molar-refractivity contribution in [3.05, 3.63) is 23.7 Å². The minimum Gasteiger partial charge on any atom is -0.463 e. The second kappa shape index (κ2) is 6.20. The Kier molecular flexibility index (Phi) is 4.91. The van der Waals surface area contributed by atoms with E-state index in [0.29, 0.717) is 5.76 Å². The number of nitrogens with one attached hydrogen (secondary N) is 1. The standard InChI is InChI=1S/C12H18N2O4/c1-7(6-11(13)15)14-8(2)9-4-5-10(18-9)12(16)17-3/h4-5,7-8,14H,6H2,1-3H3,(H2,13,15). The first-order valence-electron chi connectivity index (χ1n) is 5.66. The van der Waals surface area contributed by atoms with Gasteiger partial charge in [0.25, 0.3) is 0 Å². The normalized spacial score (nSPS) is 13.9. The predicted molar refractivity (Wildman–Crippen MR) is 64.9 cm³/mol. The quantitative estimate of drug-likeness (QED) is 0.738. The molecular formula is C12H18N2O4. The minimum atomic E-state index is -0.515. The first-order chi connectivity index (χ1) is 8.43. The Morgan fingerprint density at radius 3 is 2.67 bits per heavy atom.